The monoisotopic (exact) mass is 229 g/mol. The Kier molecular flexibility index (Phi) is 3.05. The number of pyridine rings is 1. The number of carbonyl (C=O) groups is 1. The molecule has 0 saturated heterocycles. The Bertz CT molecular complexity index is 552. The molecule has 17 heavy (non-hydrogen) atoms. The number of rotatable bonds is 3. The van der Waals surface area contributed by atoms with Gasteiger partial charge in [0.25, 0.3) is 0 Å². The Morgan fingerprint density at radius 2 is 2.06 bits per heavy atom. The lowest BCUT2D eigenvalue weighted by atomic mass is 10.2. The minimum absolute atomic E-state index is 0.107. The van der Waals surface area contributed by atoms with Crippen molar-refractivity contribution in [1.82, 2.24) is 4.98 Å². The Balaban J connectivity index is 2.28. The van der Waals surface area contributed by atoms with Crippen molar-refractivity contribution in [2.24, 2.45) is 0 Å². The van der Waals surface area contributed by atoms with Gasteiger partial charge in [0.1, 0.15) is 11.5 Å². The highest BCUT2D eigenvalue weighted by molar-refractivity contribution is 5.87. The van der Waals surface area contributed by atoms with Crippen LogP contribution >= 0.6 is 0 Å². The highest BCUT2D eigenvalue weighted by Gasteiger charge is 2.06. The van der Waals surface area contributed by atoms with E-state index in [1.807, 2.05) is 31.2 Å². The van der Waals surface area contributed by atoms with Crippen LogP contribution in [-0.4, -0.2) is 16.1 Å². The van der Waals surface area contributed by atoms with Crippen molar-refractivity contribution in [2.75, 3.05) is 0 Å². The third-order valence-electron chi connectivity index (χ3n) is 2.28. The van der Waals surface area contributed by atoms with Gasteiger partial charge in [-0.25, -0.2) is 4.79 Å². The van der Waals surface area contributed by atoms with Crippen LogP contribution in [0.2, 0.25) is 0 Å². The molecule has 0 radical (unpaired) electrons. The predicted octanol–water partition coefficient (Wildman–Crippen LogP) is 2.88. The Hall–Kier alpha value is -2.36. The molecule has 1 aromatic heterocycles. The van der Waals surface area contributed by atoms with Gasteiger partial charge in [-0.15, -0.1) is 0 Å². The van der Waals surface area contributed by atoms with Crippen LogP contribution in [0, 0.1) is 6.92 Å². The fraction of sp³-hybridized carbons (Fsp3) is 0.0769. The van der Waals surface area contributed by atoms with E-state index in [9.17, 15) is 4.79 Å². The van der Waals surface area contributed by atoms with Crippen molar-refractivity contribution in [1.29, 1.82) is 0 Å². The van der Waals surface area contributed by atoms with E-state index in [0.29, 0.717) is 11.5 Å². The van der Waals surface area contributed by atoms with Gasteiger partial charge >= 0.3 is 5.97 Å². The fourth-order valence-electron chi connectivity index (χ4n) is 1.39. The summed E-state index contributed by atoms with van der Waals surface area (Å²) in [5.74, 6) is 0.0868. The van der Waals surface area contributed by atoms with Gasteiger partial charge in [-0.2, -0.15) is 0 Å². The number of nitrogens with zero attached hydrogens (tertiary/aromatic N) is 1. The number of carboxylic acid groups (broad SMARTS) is 1. The van der Waals surface area contributed by atoms with Crippen LogP contribution < -0.4 is 4.74 Å². The van der Waals surface area contributed by atoms with Crippen LogP contribution in [0.5, 0.6) is 11.5 Å². The van der Waals surface area contributed by atoms with Gasteiger partial charge in [0.15, 0.2) is 0 Å². The van der Waals surface area contributed by atoms with Crippen LogP contribution in [0.25, 0.3) is 0 Å². The number of ether oxygens (including phenoxy) is 1. The third kappa shape index (κ3) is 2.60. The largest absolute Gasteiger partial charge is 0.478 e. The first-order chi connectivity index (χ1) is 8.16. The van der Waals surface area contributed by atoms with E-state index in [0.717, 1.165) is 5.56 Å². The number of aromatic nitrogens is 1. The standard InChI is InChI=1S/C13H11NO3/c1-9-4-2-3-5-12(9)17-11-6-10(13(15)16)7-14-8-11/h2-8H,1H3,(H,15,16). The van der Waals surface area contributed by atoms with Crippen molar-refractivity contribution in [2.45, 2.75) is 6.92 Å². The number of aromatic carboxylic acids is 1. The lowest BCUT2D eigenvalue weighted by molar-refractivity contribution is 0.0696. The highest BCUT2D eigenvalue weighted by Crippen LogP contribution is 2.24. The van der Waals surface area contributed by atoms with Gasteiger partial charge in [0, 0.05) is 6.20 Å². The molecule has 0 fully saturated rings. The maximum absolute atomic E-state index is 10.8. The van der Waals surface area contributed by atoms with Crippen molar-refractivity contribution in [3.63, 3.8) is 0 Å². The molecule has 2 aromatic rings. The predicted molar refractivity (Wildman–Crippen MR) is 62.4 cm³/mol. The average Bonchev–Trinajstić information content (AvgIpc) is 2.32. The summed E-state index contributed by atoms with van der Waals surface area (Å²) in [4.78, 5) is 14.6. The first kappa shape index (κ1) is 11.1. The quantitative estimate of drug-likeness (QED) is 0.879. The molecule has 0 saturated carbocycles. The number of hydrogen-bond acceptors (Lipinski definition) is 3. The Morgan fingerprint density at radius 1 is 1.29 bits per heavy atom. The summed E-state index contributed by atoms with van der Waals surface area (Å²) in [7, 11) is 0. The van der Waals surface area contributed by atoms with E-state index < -0.39 is 5.97 Å². The van der Waals surface area contributed by atoms with Crippen LogP contribution in [0.4, 0.5) is 0 Å². The Morgan fingerprint density at radius 3 is 2.76 bits per heavy atom. The lowest BCUT2D eigenvalue weighted by Gasteiger charge is -2.08. The van der Waals surface area contributed by atoms with Crippen molar-refractivity contribution in [3.8, 4) is 11.5 Å². The molecular weight excluding hydrogens is 218 g/mol. The van der Waals surface area contributed by atoms with Crippen molar-refractivity contribution in [3.05, 3.63) is 53.9 Å². The van der Waals surface area contributed by atoms with Crippen LogP contribution in [0.3, 0.4) is 0 Å². The molecule has 0 spiro atoms. The fourth-order valence-corrected chi connectivity index (χ4v) is 1.39. The summed E-state index contributed by atoms with van der Waals surface area (Å²) in [6.45, 7) is 1.92. The van der Waals surface area contributed by atoms with Gasteiger partial charge in [0.05, 0.1) is 11.8 Å². The summed E-state index contributed by atoms with van der Waals surface area (Å²) in [5, 5.41) is 8.83. The van der Waals surface area contributed by atoms with E-state index in [4.69, 9.17) is 9.84 Å². The van der Waals surface area contributed by atoms with Gasteiger partial charge in [-0.05, 0) is 24.6 Å². The normalized spacial score (nSPS) is 9.94. The van der Waals surface area contributed by atoms with Gasteiger partial charge in [-0.3, -0.25) is 4.98 Å². The number of hydrogen-bond donors (Lipinski definition) is 1. The van der Waals surface area contributed by atoms with Crippen LogP contribution in [0.1, 0.15) is 15.9 Å². The second-order valence-electron chi connectivity index (χ2n) is 3.58. The average molecular weight is 229 g/mol. The van der Waals surface area contributed by atoms with Crippen LogP contribution in [0.15, 0.2) is 42.7 Å². The summed E-state index contributed by atoms with van der Waals surface area (Å²) in [5.41, 5.74) is 1.09. The third-order valence-corrected chi connectivity index (χ3v) is 2.28. The number of benzene rings is 1. The summed E-state index contributed by atoms with van der Waals surface area (Å²) >= 11 is 0. The summed E-state index contributed by atoms with van der Waals surface area (Å²) in [6.07, 6.45) is 2.77. The molecule has 4 nitrogen and oxygen atoms in total. The van der Waals surface area contributed by atoms with E-state index in [2.05, 4.69) is 4.98 Å². The maximum atomic E-state index is 10.8. The topological polar surface area (TPSA) is 59.4 Å². The van der Waals surface area contributed by atoms with Crippen LogP contribution in [-0.2, 0) is 0 Å². The minimum Gasteiger partial charge on any atom is -0.478 e. The molecule has 0 aliphatic rings. The molecule has 0 amide bonds. The smallest absolute Gasteiger partial charge is 0.337 e. The zero-order valence-corrected chi connectivity index (χ0v) is 9.25. The van der Waals surface area contributed by atoms with E-state index in [-0.39, 0.29) is 5.56 Å². The van der Waals surface area contributed by atoms with E-state index in [1.54, 1.807) is 0 Å². The second kappa shape index (κ2) is 4.65. The first-order valence-electron chi connectivity index (χ1n) is 5.08. The molecule has 0 aliphatic carbocycles. The molecule has 1 heterocycles. The lowest BCUT2D eigenvalue weighted by Crippen LogP contribution is -1.97. The zero-order chi connectivity index (χ0) is 12.3. The molecule has 0 bridgehead atoms. The number of carboxylic acids is 1. The first-order valence-corrected chi connectivity index (χ1v) is 5.08. The van der Waals surface area contributed by atoms with Gasteiger partial charge in [-0.1, -0.05) is 18.2 Å². The van der Waals surface area contributed by atoms with Crippen molar-refractivity contribution < 1.29 is 14.6 Å². The molecule has 0 atom stereocenters. The summed E-state index contributed by atoms with van der Waals surface area (Å²) in [6, 6.07) is 8.96. The molecule has 2 rings (SSSR count). The maximum Gasteiger partial charge on any atom is 0.337 e. The number of para-hydroxylation sites is 1. The molecule has 1 N–H and O–H groups in total. The van der Waals surface area contributed by atoms with E-state index in [1.165, 1.54) is 18.5 Å². The second-order valence-corrected chi connectivity index (χ2v) is 3.58. The number of aryl methyl sites for hydroxylation is 1. The molecule has 4 heteroatoms. The SMILES string of the molecule is Cc1ccccc1Oc1cncc(C(=O)O)c1. The highest BCUT2D eigenvalue weighted by atomic mass is 16.5. The van der Waals surface area contributed by atoms with Gasteiger partial charge < -0.3 is 9.84 Å². The minimum atomic E-state index is -1.02. The molecule has 1 aromatic carbocycles. The van der Waals surface area contributed by atoms with Crippen molar-refractivity contribution >= 4 is 5.97 Å². The molecule has 0 unspecified atom stereocenters. The molecule has 86 valence electrons. The molecular formula is C13H11NO3. The van der Waals surface area contributed by atoms with E-state index >= 15 is 0 Å². The Labute approximate surface area is 98.5 Å². The molecule has 0 aliphatic heterocycles. The summed E-state index contributed by atoms with van der Waals surface area (Å²) < 4.78 is 5.57. The zero-order valence-electron chi connectivity index (χ0n) is 9.25. The van der Waals surface area contributed by atoms with Gasteiger partial charge in [0.2, 0.25) is 0 Å².